The standard InChI is InChI=1S/C14H21NO/c1-10-4-5-13(16-3)12(6-10)14(9-15)7-11(2)8-14/h4-6,11H,7-9,15H2,1-3H3. The minimum atomic E-state index is 0.163. The summed E-state index contributed by atoms with van der Waals surface area (Å²) in [6.07, 6.45) is 2.37. The molecule has 1 aromatic carbocycles. The largest absolute Gasteiger partial charge is 0.496 e. The average Bonchev–Trinajstić information content (AvgIpc) is 2.24. The van der Waals surface area contributed by atoms with Gasteiger partial charge in [0, 0.05) is 17.5 Å². The first-order chi connectivity index (χ1) is 7.61. The first-order valence-corrected chi connectivity index (χ1v) is 5.96. The summed E-state index contributed by atoms with van der Waals surface area (Å²) >= 11 is 0. The molecule has 0 saturated heterocycles. The van der Waals surface area contributed by atoms with Crippen LogP contribution in [-0.4, -0.2) is 13.7 Å². The maximum Gasteiger partial charge on any atom is 0.122 e. The summed E-state index contributed by atoms with van der Waals surface area (Å²) in [7, 11) is 1.74. The fraction of sp³-hybridized carbons (Fsp3) is 0.571. The molecule has 2 N–H and O–H groups in total. The first-order valence-electron chi connectivity index (χ1n) is 5.96. The number of hydrogen-bond acceptors (Lipinski definition) is 2. The number of aryl methyl sites for hydroxylation is 1. The van der Waals surface area contributed by atoms with E-state index in [0.717, 1.165) is 18.2 Å². The summed E-state index contributed by atoms with van der Waals surface area (Å²) in [6.45, 7) is 5.13. The number of rotatable bonds is 3. The molecule has 0 unspecified atom stereocenters. The summed E-state index contributed by atoms with van der Waals surface area (Å²) < 4.78 is 5.46. The van der Waals surface area contributed by atoms with Crippen molar-refractivity contribution < 1.29 is 4.74 Å². The maximum atomic E-state index is 5.98. The van der Waals surface area contributed by atoms with Crippen LogP contribution in [0, 0.1) is 12.8 Å². The van der Waals surface area contributed by atoms with E-state index >= 15 is 0 Å². The van der Waals surface area contributed by atoms with Crippen molar-refractivity contribution >= 4 is 0 Å². The van der Waals surface area contributed by atoms with Gasteiger partial charge in [0.15, 0.2) is 0 Å². The molecule has 1 aliphatic rings. The molecule has 0 heterocycles. The van der Waals surface area contributed by atoms with E-state index in [2.05, 4.69) is 32.0 Å². The van der Waals surface area contributed by atoms with E-state index in [-0.39, 0.29) is 5.41 Å². The van der Waals surface area contributed by atoms with Gasteiger partial charge in [0.05, 0.1) is 7.11 Å². The lowest BCUT2D eigenvalue weighted by atomic mass is 9.59. The Morgan fingerprint density at radius 2 is 2.12 bits per heavy atom. The molecule has 1 fully saturated rings. The fourth-order valence-corrected chi connectivity index (χ4v) is 3.01. The van der Waals surface area contributed by atoms with Crippen LogP contribution in [0.4, 0.5) is 0 Å². The van der Waals surface area contributed by atoms with Crippen LogP contribution in [0.25, 0.3) is 0 Å². The first kappa shape index (κ1) is 11.5. The van der Waals surface area contributed by atoms with Crippen molar-refractivity contribution in [2.24, 2.45) is 11.7 Å². The van der Waals surface area contributed by atoms with Crippen LogP contribution in [0.15, 0.2) is 18.2 Å². The van der Waals surface area contributed by atoms with E-state index in [9.17, 15) is 0 Å². The monoisotopic (exact) mass is 219 g/mol. The molecule has 0 aliphatic heterocycles. The lowest BCUT2D eigenvalue weighted by Crippen LogP contribution is -2.46. The lowest BCUT2D eigenvalue weighted by molar-refractivity contribution is 0.160. The van der Waals surface area contributed by atoms with Gasteiger partial charge in [0.1, 0.15) is 5.75 Å². The van der Waals surface area contributed by atoms with Gasteiger partial charge in [-0.05, 0) is 31.7 Å². The van der Waals surface area contributed by atoms with E-state index in [1.54, 1.807) is 7.11 Å². The molecule has 0 bridgehead atoms. The predicted octanol–water partition coefficient (Wildman–Crippen LogP) is 2.63. The van der Waals surface area contributed by atoms with Crippen molar-refractivity contribution in [3.63, 3.8) is 0 Å². The lowest BCUT2D eigenvalue weighted by Gasteiger charge is -2.47. The quantitative estimate of drug-likeness (QED) is 0.848. The van der Waals surface area contributed by atoms with Gasteiger partial charge in [-0.2, -0.15) is 0 Å². The second kappa shape index (κ2) is 4.10. The van der Waals surface area contributed by atoms with Crippen molar-refractivity contribution in [3.8, 4) is 5.75 Å². The number of hydrogen-bond donors (Lipinski definition) is 1. The molecule has 0 atom stereocenters. The molecule has 0 radical (unpaired) electrons. The molecule has 2 heteroatoms. The number of methoxy groups -OCH3 is 1. The molecule has 88 valence electrons. The Kier molecular flexibility index (Phi) is 2.94. The zero-order valence-electron chi connectivity index (χ0n) is 10.4. The van der Waals surface area contributed by atoms with E-state index in [1.165, 1.54) is 24.0 Å². The molecular weight excluding hydrogens is 198 g/mol. The van der Waals surface area contributed by atoms with Gasteiger partial charge in [0.2, 0.25) is 0 Å². The van der Waals surface area contributed by atoms with Crippen molar-refractivity contribution in [1.29, 1.82) is 0 Å². The topological polar surface area (TPSA) is 35.2 Å². The van der Waals surface area contributed by atoms with Crippen LogP contribution in [0.3, 0.4) is 0 Å². The number of benzene rings is 1. The summed E-state index contributed by atoms with van der Waals surface area (Å²) in [5.41, 5.74) is 8.73. The van der Waals surface area contributed by atoms with Crippen LogP contribution in [0.2, 0.25) is 0 Å². The fourth-order valence-electron chi connectivity index (χ4n) is 3.01. The summed E-state index contributed by atoms with van der Waals surface area (Å²) in [5, 5.41) is 0. The highest BCUT2D eigenvalue weighted by Gasteiger charge is 2.43. The summed E-state index contributed by atoms with van der Waals surface area (Å²) in [6, 6.07) is 6.39. The highest BCUT2D eigenvalue weighted by molar-refractivity contribution is 5.44. The van der Waals surface area contributed by atoms with Crippen molar-refractivity contribution in [1.82, 2.24) is 0 Å². The van der Waals surface area contributed by atoms with E-state index in [4.69, 9.17) is 10.5 Å². The average molecular weight is 219 g/mol. The van der Waals surface area contributed by atoms with Crippen molar-refractivity contribution in [3.05, 3.63) is 29.3 Å². The van der Waals surface area contributed by atoms with Crippen LogP contribution in [-0.2, 0) is 5.41 Å². The Bertz CT molecular complexity index is 380. The van der Waals surface area contributed by atoms with Gasteiger partial charge in [-0.3, -0.25) is 0 Å². The van der Waals surface area contributed by atoms with Gasteiger partial charge < -0.3 is 10.5 Å². The van der Waals surface area contributed by atoms with Crippen molar-refractivity contribution in [2.75, 3.05) is 13.7 Å². The van der Waals surface area contributed by atoms with Gasteiger partial charge in [0.25, 0.3) is 0 Å². The molecule has 2 nitrogen and oxygen atoms in total. The third-order valence-corrected chi connectivity index (χ3v) is 3.80. The zero-order valence-corrected chi connectivity index (χ0v) is 10.4. The minimum Gasteiger partial charge on any atom is -0.496 e. The van der Waals surface area contributed by atoms with E-state index in [0.29, 0.717) is 0 Å². The van der Waals surface area contributed by atoms with Gasteiger partial charge >= 0.3 is 0 Å². The highest BCUT2D eigenvalue weighted by atomic mass is 16.5. The van der Waals surface area contributed by atoms with E-state index in [1.807, 2.05) is 0 Å². The SMILES string of the molecule is COc1ccc(C)cc1C1(CN)CC(C)C1. The normalized spacial score (nSPS) is 28.6. The summed E-state index contributed by atoms with van der Waals surface area (Å²) in [4.78, 5) is 0. The van der Waals surface area contributed by atoms with Crippen LogP contribution in [0.1, 0.15) is 30.9 Å². The van der Waals surface area contributed by atoms with Gasteiger partial charge in [-0.15, -0.1) is 0 Å². The molecule has 0 amide bonds. The molecule has 1 aromatic rings. The van der Waals surface area contributed by atoms with E-state index < -0.39 is 0 Å². The molecule has 0 aromatic heterocycles. The Hall–Kier alpha value is -1.02. The third-order valence-electron chi connectivity index (χ3n) is 3.80. The van der Waals surface area contributed by atoms with Gasteiger partial charge in [-0.25, -0.2) is 0 Å². The number of ether oxygens (including phenoxy) is 1. The van der Waals surface area contributed by atoms with Crippen LogP contribution in [0.5, 0.6) is 5.75 Å². The maximum absolute atomic E-state index is 5.98. The highest BCUT2D eigenvalue weighted by Crippen LogP contribution is 2.49. The smallest absolute Gasteiger partial charge is 0.122 e. The Labute approximate surface area is 97.8 Å². The molecule has 0 spiro atoms. The molecule has 2 rings (SSSR count). The third kappa shape index (κ3) is 1.71. The van der Waals surface area contributed by atoms with Crippen LogP contribution < -0.4 is 10.5 Å². The Balaban J connectivity index is 2.41. The Morgan fingerprint density at radius 1 is 1.44 bits per heavy atom. The predicted molar refractivity (Wildman–Crippen MR) is 66.9 cm³/mol. The second-order valence-electron chi connectivity index (χ2n) is 5.20. The number of nitrogens with two attached hydrogens (primary N) is 1. The van der Waals surface area contributed by atoms with Crippen molar-refractivity contribution in [2.45, 2.75) is 32.1 Å². The molecule has 16 heavy (non-hydrogen) atoms. The Morgan fingerprint density at radius 3 is 2.62 bits per heavy atom. The van der Waals surface area contributed by atoms with Gasteiger partial charge in [-0.1, -0.05) is 24.6 Å². The van der Waals surface area contributed by atoms with Crippen LogP contribution >= 0.6 is 0 Å². The molecule has 1 saturated carbocycles. The molecule has 1 aliphatic carbocycles. The zero-order chi connectivity index (χ0) is 11.8. The summed E-state index contributed by atoms with van der Waals surface area (Å²) in [5.74, 6) is 1.77. The molecular formula is C14H21NO. The minimum absolute atomic E-state index is 0.163. The second-order valence-corrected chi connectivity index (χ2v) is 5.20.